The van der Waals surface area contributed by atoms with Gasteiger partial charge in [-0.25, -0.2) is 0 Å². The highest BCUT2D eigenvalue weighted by Crippen LogP contribution is 2.29. The van der Waals surface area contributed by atoms with E-state index in [2.05, 4.69) is 6.07 Å². The van der Waals surface area contributed by atoms with Gasteiger partial charge in [-0.3, -0.25) is 14.9 Å². The number of fused-ring (bicyclic) bond motifs is 2. The number of likely N-dealkylation sites (N-methyl/N-ethyl adjacent to an activating group) is 1. The summed E-state index contributed by atoms with van der Waals surface area (Å²) in [7, 11) is 3.55. The Hall–Kier alpha value is -3.19. The molecule has 0 fully saturated rings. The third-order valence-corrected chi connectivity index (χ3v) is 5.33. The number of aryl methyl sites for hydroxylation is 1. The molecule has 1 aliphatic heterocycles. The summed E-state index contributed by atoms with van der Waals surface area (Å²) < 4.78 is 7.69. The molecule has 1 unspecified atom stereocenters. The van der Waals surface area contributed by atoms with E-state index in [9.17, 15) is 14.9 Å². The van der Waals surface area contributed by atoms with Crippen molar-refractivity contribution >= 4 is 22.5 Å². The second kappa shape index (κ2) is 7.09. The van der Waals surface area contributed by atoms with Gasteiger partial charge in [0.2, 0.25) is 0 Å². The lowest BCUT2D eigenvalue weighted by atomic mass is 9.97. The first kappa shape index (κ1) is 18.2. The summed E-state index contributed by atoms with van der Waals surface area (Å²) in [6, 6.07) is 14.5. The Morgan fingerprint density at radius 2 is 2.07 bits per heavy atom. The summed E-state index contributed by atoms with van der Waals surface area (Å²) >= 11 is 0. The summed E-state index contributed by atoms with van der Waals surface area (Å²) in [4.78, 5) is 25.3. The van der Waals surface area contributed by atoms with Gasteiger partial charge in [0, 0.05) is 37.1 Å². The van der Waals surface area contributed by atoms with Gasteiger partial charge in [0.25, 0.3) is 11.6 Å². The maximum absolute atomic E-state index is 13.1. The molecule has 1 amide bonds. The Labute approximate surface area is 162 Å². The van der Waals surface area contributed by atoms with Gasteiger partial charge in [-0.05, 0) is 29.7 Å². The van der Waals surface area contributed by atoms with Crippen LogP contribution in [0.5, 0.6) is 0 Å². The van der Waals surface area contributed by atoms with Gasteiger partial charge in [-0.15, -0.1) is 0 Å². The average molecular weight is 379 g/mol. The van der Waals surface area contributed by atoms with E-state index < -0.39 is 4.92 Å². The number of benzene rings is 2. The van der Waals surface area contributed by atoms with Crippen LogP contribution in [0.2, 0.25) is 0 Å². The van der Waals surface area contributed by atoms with Crippen LogP contribution in [0.4, 0.5) is 5.69 Å². The van der Waals surface area contributed by atoms with Crippen molar-refractivity contribution in [3.05, 3.63) is 75.5 Å². The molecule has 28 heavy (non-hydrogen) atoms. The number of carbonyl (C=O) groups excluding carboxylic acids is 1. The van der Waals surface area contributed by atoms with Gasteiger partial charge in [0.15, 0.2) is 0 Å². The van der Waals surface area contributed by atoms with Gasteiger partial charge >= 0.3 is 0 Å². The summed E-state index contributed by atoms with van der Waals surface area (Å²) in [6.45, 7) is 1.08. The minimum atomic E-state index is -0.433. The van der Waals surface area contributed by atoms with E-state index in [0.29, 0.717) is 24.2 Å². The van der Waals surface area contributed by atoms with E-state index >= 15 is 0 Å². The van der Waals surface area contributed by atoms with E-state index in [0.717, 1.165) is 17.5 Å². The Balaban J connectivity index is 1.59. The molecule has 0 saturated carbocycles. The lowest BCUT2D eigenvalue weighted by Gasteiger charge is -2.29. The largest absolute Gasteiger partial charge is 0.371 e. The Kier molecular flexibility index (Phi) is 4.60. The first-order valence-corrected chi connectivity index (χ1v) is 9.14. The highest BCUT2D eigenvalue weighted by Gasteiger charge is 2.25. The molecule has 0 spiro atoms. The number of rotatable bonds is 4. The van der Waals surface area contributed by atoms with Gasteiger partial charge in [-0.2, -0.15) is 0 Å². The Morgan fingerprint density at radius 1 is 1.29 bits per heavy atom. The van der Waals surface area contributed by atoms with Crippen LogP contribution in [0.25, 0.3) is 10.9 Å². The quantitative estimate of drug-likeness (QED) is 0.514. The van der Waals surface area contributed by atoms with Gasteiger partial charge < -0.3 is 14.2 Å². The number of hydrogen-bond acceptors (Lipinski definition) is 4. The molecule has 2 heterocycles. The van der Waals surface area contributed by atoms with Crippen molar-refractivity contribution in [1.29, 1.82) is 0 Å². The van der Waals surface area contributed by atoms with Crippen LogP contribution in [-0.4, -0.2) is 40.5 Å². The zero-order valence-corrected chi connectivity index (χ0v) is 15.8. The number of hydrogen-bond donors (Lipinski definition) is 0. The number of aromatic nitrogens is 1. The predicted octanol–water partition coefficient (Wildman–Crippen LogP) is 3.47. The molecule has 7 heteroatoms. The second-order valence-electron chi connectivity index (χ2n) is 7.08. The van der Waals surface area contributed by atoms with Crippen molar-refractivity contribution in [2.45, 2.75) is 12.5 Å². The van der Waals surface area contributed by atoms with Gasteiger partial charge in [-0.1, -0.05) is 24.3 Å². The zero-order valence-electron chi connectivity index (χ0n) is 15.8. The topological polar surface area (TPSA) is 77.6 Å². The minimum Gasteiger partial charge on any atom is -0.371 e. The maximum atomic E-state index is 13.1. The van der Waals surface area contributed by atoms with Gasteiger partial charge in [0.05, 0.1) is 18.1 Å². The second-order valence-corrected chi connectivity index (χ2v) is 7.08. The van der Waals surface area contributed by atoms with E-state index in [1.807, 2.05) is 18.2 Å². The van der Waals surface area contributed by atoms with Gasteiger partial charge in [0.1, 0.15) is 11.8 Å². The predicted molar refractivity (Wildman–Crippen MR) is 105 cm³/mol. The van der Waals surface area contributed by atoms with Crippen LogP contribution >= 0.6 is 0 Å². The van der Waals surface area contributed by atoms with Crippen LogP contribution in [0.1, 0.15) is 27.7 Å². The van der Waals surface area contributed by atoms with Crippen LogP contribution in [0.15, 0.2) is 48.5 Å². The van der Waals surface area contributed by atoms with Crippen molar-refractivity contribution in [3.63, 3.8) is 0 Å². The monoisotopic (exact) mass is 379 g/mol. The highest BCUT2D eigenvalue weighted by atomic mass is 16.6. The first-order valence-electron chi connectivity index (χ1n) is 9.14. The van der Waals surface area contributed by atoms with Crippen molar-refractivity contribution in [2.75, 3.05) is 20.2 Å². The summed E-state index contributed by atoms with van der Waals surface area (Å²) in [5.74, 6) is -0.145. The number of nitro benzene ring substituents is 1. The highest BCUT2D eigenvalue weighted by molar-refractivity contribution is 5.99. The summed E-state index contributed by atoms with van der Waals surface area (Å²) in [5.41, 5.74) is 3.67. The Morgan fingerprint density at radius 3 is 2.86 bits per heavy atom. The molecule has 0 N–H and O–H groups in total. The average Bonchev–Trinajstić information content (AvgIpc) is 3.03. The molecule has 0 saturated heterocycles. The Bertz CT molecular complexity index is 1070. The molecule has 1 aliphatic rings. The fourth-order valence-electron chi connectivity index (χ4n) is 3.81. The number of carbonyl (C=O) groups is 1. The number of non-ortho nitro benzene ring substituents is 1. The third-order valence-electron chi connectivity index (χ3n) is 5.33. The van der Waals surface area contributed by atoms with Crippen LogP contribution < -0.4 is 0 Å². The smallest absolute Gasteiger partial charge is 0.270 e. The number of nitrogens with zero attached hydrogens (tertiary/aromatic N) is 3. The molecule has 7 nitrogen and oxygen atoms in total. The molecule has 144 valence electrons. The standard InChI is InChI=1S/C21H21N3O4/c1-22(13-20-17-6-4-3-5-14(17)9-10-28-20)21(25)19-12-15-11-16(24(26)27)7-8-18(15)23(19)2/h3-8,11-12,20H,9-10,13H2,1-2H3. The molecule has 1 aromatic heterocycles. The number of ether oxygens (including phenoxy) is 1. The van der Waals surface area contributed by atoms with Crippen LogP contribution in [-0.2, 0) is 18.2 Å². The van der Waals surface area contributed by atoms with E-state index in [1.165, 1.54) is 17.7 Å². The summed E-state index contributed by atoms with van der Waals surface area (Å²) in [6.07, 6.45) is 0.724. The van der Waals surface area contributed by atoms with E-state index in [-0.39, 0.29) is 17.7 Å². The zero-order chi connectivity index (χ0) is 19.8. The van der Waals surface area contributed by atoms with E-state index in [4.69, 9.17) is 4.74 Å². The number of amides is 1. The molecule has 1 atom stereocenters. The van der Waals surface area contributed by atoms with Crippen LogP contribution in [0, 0.1) is 10.1 Å². The molecule has 0 bridgehead atoms. The lowest BCUT2D eigenvalue weighted by molar-refractivity contribution is -0.384. The van der Waals surface area contributed by atoms with Crippen molar-refractivity contribution < 1.29 is 14.5 Å². The third kappa shape index (κ3) is 3.14. The molecular formula is C21H21N3O4. The molecule has 4 rings (SSSR count). The SMILES string of the molecule is CN(CC1OCCc2ccccc21)C(=O)c1cc2cc([N+](=O)[O-])ccc2n1C. The van der Waals surface area contributed by atoms with E-state index in [1.54, 1.807) is 35.7 Å². The van der Waals surface area contributed by atoms with Crippen molar-refractivity contribution in [3.8, 4) is 0 Å². The molecule has 3 aromatic rings. The molecule has 0 radical (unpaired) electrons. The maximum Gasteiger partial charge on any atom is 0.270 e. The number of nitro groups is 1. The fraction of sp³-hybridized carbons (Fsp3) is 0.286. The van der Waals surface area contributed by atoms with Crippen LogP contribution in [0.3, 0.4) is 0 Å². The van der Waals surface area contributed by atoms with Crippen molar-refractivity contribution in [1.82, 2.24) is 9.47 Å². The lowest BCUT2D eigenvalue weighted by Crippen LogP contribution is -2.34. The normalized spacial score (nSPS) is 16.0. The summed E-state index contributed by atoms with van der Waals surface area (Å²) in [5, 5.41) is 11.7. The molecule has 2 aromatic carbocycles. The van der Waals surface area contributed by atoms with Crippen molar-refractivity contribution in [2.24, 2.45) is 7.05 Å². The first-order chi connectivity index (χ1) is 13.5. The minimum absolute atomic E-state index is 0.0117. The molecular weight excluding hydrogens is 358 g/mol. The molecule has 0 aliphatic carbocycles. The fourth-order valence-corrected chi connectivity index (χ4v) is 3.81.